The molecule has 0 aliphatic heterocycles. The van der Waals surface area contributed by atoms with Crippen molar-refractivity contribution < 1.29 is 9.53 Å². The number of aryl methyl sites for hydroxylation is 1. The summed E-state index contributed by atoms with van der Waals surface area (Å²) in [5, 5.41) is 5.86. The molecule has 3 aromatic rings. The van der Waals surface area contributed by atoms with E-state index in [0.29, 0.717) is 19.4 Å². The first-order chi connectivity index (χ1) is 12.2. The van der Waals surface area contributed by atoms with E-state index in [1.165, 1.54) is 0 Å². The molecule has 0 unspecified atom stereocenters. The number of carbonyl (C=O) groups excluding carboxylic acids is 1. The van der Waals surface area contributed by atoms with Gasteiger partial charge >= 0.3 is 0 Å². The summed E-state index contributed by atoms with van der Waals surface area (Å²) in [6, 6.07) is 11.2. The minimum atomic E-state index is -0.0233. The van der Waals surface area contributed by atoms with Crippen LogP contribution in [-0.4, -0.2) is 22.5 Å². The molecule has 2 aromatic heterocycles. The minimum absolute atomic E-state index is 0.0233. The lowest BCUT2D eigenvalue weighted by molar-refractivity contribution is -0.116. The molecule has 3 rings (SSSR count). The van der Waals surface area contributed by atoms with Crippen molar-refractivity contribution in [2.75, 3.05) is 11.9 Å². The molecule has 0 aliphatic rings. The van der Waals surface area contributed by atoms with E-state index in [1.54, 1.807) is 23.7 Å². The molecule has 128 valence electrons. The fourth-order valence-electron chi connectivity index (χ4n) is 2.33. The highest BCUT2D eigenvalue weighted by atomic mass is 32.1. The fourth-order valence-corrected chi connectivity index (χ4v) is 3.13. The number of rotatable bonds is 7. The number of aromatic nitrogens is 2. The maximum absolute atomic E-state index is 12.1. The van der Waals surface area contributed by atoms with Crippen LogP contribution in [0.3, 0.4) is 0 Å². The van der Waals surface area contributed by atoms with Gasteiger partial charge in [-0.2, -0.15) is 0 Å². The SMILES string of the molecule is CCOc1ccc(NC(=O)CCc2nc(-c3ccncc3)cs2)cc1. The Balaban J connectivity index is 1.51. The number of amides is 1. The number of benzene rings is 1. The molecule has 0 saturated heterocycles. The predicted molar refractivity (Wildman–Crippen MR) is 99.9 cm³/mol. The van der Waals surface area contributed by atoms with Crippen LogP contribution < -0.4 is 10.1 Å². The van der Waals surface area contributed by atoms with Crippen LogP contribution in [0.2, 0.25) is 0 Å². The lowest BCUT2D eigenvalue weighted by Gasteiger charge is -2.06. The van der Waals surface area contributed by atoms with Gasteiger partial charge in [0.15, 0.2) is 0 Å². The van der Waals surface area contributed by atoms with Crippen molar-refractivity contribution in [2.45, 2.75) is 19.8 Å². The third-order valence-corrected chi connectivity index (χ3v) is 4.45. The van der Waals surface area contributed by atoms with Gasteiger partial charge < -0.3 is 10.1 Å². The Morgan fingerprint density at radius 2 is 1.92 bits per heavy atom. The summed E-state index contributed by atoms with van der Waals surface area (Å²) >= 11 is 1.57. The van der Waals surface area contributed by atoms with E-state index in [1.807, 2.05) is 48.7 Å². The largest absolute Gasteiger partial charge is 0.494 e. The first-order valence-corrected chi connectivity index (χ1v) is 9.00. The Bertz CT molecular complexity index is 816. The van der Waals surface area contributed by atoms with Gasteiger partial charge in [0.25, 0.3) is 0 Å². The molecule has 2 heterocycles. The standard InChI is InChI=1S/C19H19N3O2S/c1-2-24-16-5-3-15(4-6-16)21-18(23)7-8-19-22-17(13-25-19)14-9-11-20-12-10-14/h3-6,9-13H,2,7-8H2,1H3,(H,21,23). The van der Waals surface area contributed by atoms with Gasteiger partial charge in [0.2, 0.25) is 5.91 Å². The molecule has 0 aliphatic carbocycles. The Morgan fingerprint density at radius 1 is 1.16 bits per heavy atom. The monoisotopic (exact) mass is 353 g/mol. The number of hydrogen-bond donors (Lipinski definition) is 1. The Labute approximate surface area is 150 Å². The Kier molecular flexibility index (Phi) is 5.74. The van der Waals surface area contributed by atoms with E-state index in [-0.39, 0.29) is 5.91 Å². The normalized spacial score (nSPS) is 10.4. The maximum Gasteiger partial charge on any atom is 0.224 e. The third kappa shape index (κ3) is 4.87. The molecule has 1 aromatic carbocycles. The van der Waals surface area contributed by atoms with Gasteiger partial charge in [0, 0.05) is 41.9 Å². The van der Waals surface area contributed by atoms with Crippen molar-refractivity contribution in [1.82, 2.24) is 9.97 Å². The van der Waals surface area contributed by atoms with Crippen LogP contribution in [0.25, 0.3) is 11.3 Å². The van der Waals surface area contributed by atoms with E-state index in [9.17, 15) is 4.79 Å². The summed E-state index contributed by atoms with van der Waals surface area (Å²) in [7, 11) is 0. The molecule has 25 heavy (non-hydrogen) atoms. The van der Waals surface area contributed by atoms with Gasteiger partial charge in [-0.25, -0.2) is 4.98 Å². The smallest absolute Gasteiger partial charge is 0.224 e. The second-order valence-electron chi connectivity index (χ2n) is 5.37. The van der Waals surface area contributed by atoms with E-state index in [4.69, 9.17) is 4.74 Å². The highest BCUT2D eigenvalue weighted by Crippen LogP contribution is 2.22. The number of ether oxygens (including phenoxy) is 1. The second-order valence-corrected chi connectivity index (χ2v) is 6.31. The summed E-state index contributed by atoms with van der Waals surface area (Å²) in [5.74, 6) is 0.775. The molecule has 0 spiro atoms. The van der Waals surface area contributed by atoms with Crippen molar-refractivity contribution in [1.29, 1.82) is 0 Å². The van der Waals surface area contributed by atoms with E-state index in [2.05, 4.69) is 15.3 Å². The molecule has 0 saturated carbocycles. The highest BCUT2D eigenvalue weighted by Gasteiger charge is 2.08. The molecular formula is C19H19N3O2S. The summed E-state index contributed by atoms with van der Waals surface area (Å²) in [6.07, 6.45) is 4.52. The predicted octanol–water partition coefficient (Wildman–Crippen LogP) is 4.18. The Hall–Kier alpha value is -2.73. The molecule has 0 fully saturated rings. The Morgan fingerprint density at radius 3 is 2.64 bits per heavy atom. The molecule has 0 bridgehead atoms. The second kappa shape index (κ2) is 8.39. The van der Waals surface area contributed by atoms with Crippen LogP contribution in [0.5, 0.6) is 5.75 Å². The molecule has 1 N–H and O–H groups in total. The zero-order valence-corrected chi connectivity index (χ0v) is 14.8. The zero-order chi connectivity index (χ0) is 17.5. The molecule has 0 radical (unpaired) electrons. The number of anilines is 1. The first kappa shape index (κ1) is 17.1. The number of hydrogen-bond acceptors (Lipinski definition) is 5. The van der Waals surface area contributed by atoms with Gasteiger partial charge in [-0.3, -0.25) is 9.78 Å². The van der Waals surface area contributed by atoms with Crippen molar-refractivity contribution in [3.63, 3.8) is 0 Å². The van der Waals surface area contributed by atoms with Crippen molar-refractivity contribution in [3.8, 4) is 17.0 Å². The number of nitrogens with zero attached hydrogens (tertiary/aromatic N) is 2. The van der Waals surface area contributed by atoms with E-state index in [0.717, 1.165) is 27.7 Å². The maximum atomic E-state index is 12.1. The molecule has 5 nitrogen and oxygen atoms in total. The average molecular weight is 353 g/mol. The van der Waals surface area contributed by atoms with Crippen molar-refractivity contribution in [2.24, 2.45) is 0 Å². The summed E-state index contributed by atoms with van der Waals surface area (Å²) in [4.78, 5) is 20.7. The van der Waals surface area contributed by atoms with Crippen LogP contribution in [-0.2, 0) is 11.2 Å². The van der Waals surface area contributed by atoms with Gasteiger partial charge in [-0.1, -0.05) is 0 Å². The number of carbonyl (C=O) groups is 1. The topological polar surface area (TPSA) is 64.1 Å². The number of pyridine rings is 1. The van der Waals surface area contributed by atoms with Crippen LogP contribution in [0.4, 0.5) is 5.69 Å². The lowest BCUT2D eigenvalue weighted by Crippen LogP contribution is -2.12. The van der Waals surface area contributed by atoms with Gasteiger partial charge in [-0.05, 0) is 43.3 Å². The molecule has 6 heteroatoms. The first-order valence-electron chi connectivity index (χ1n) is 8.12. The molecular weight excluding hydrogens is 334 g/mol. The van der Waals surface area contributed by atoms with E-state index >= 15 is 0 Å². The van der Waals surface area contributed by atoms with Crippen LogP contribution >= 0.6 is 11.3 Å². The lowest BCUT2D eigenvalue weighted by atomic mass is 10.2. The summed E-state index contributed by atoms with van der Waals surface area (Å²) in [5.41, 5.74) is 2.73. The molecule has 0 atom stereocenters. The van der Waals surface area contributed by atoms with E-state index < -0.39 is 0 Å². The van der Waals surface area contributed by atoms with Gasteiger partial charge in [-0.15, -0.1) is 11.3 Å². The summed E-state index contributed by atoms with van der Waals surface area (Å²) < 4.78 is 5.39. The van der Waals surface area contributed by atoms with Crippen LogP contribution in [0.15, 0.2) is 54.2 Å². The highest BCUT2D eigenvalue weighted by molar-refractivity contribution is 7.09. The van der Waals surface area contributed by atoms with Crippen LogP contribution in [0.1, 0.15) is 18.4 Å². The minimum Gasteiger partial charge on any atom is -0.494 e. The van der Waals surface area contributed by atoms with Crippen molar-refractivity contribution in [3.05, 3.63) is 59.2 Å². The van der Waals surface area contributed by atoms with Crippen molar-refractivity contribution >= 4 is 22.9 Å². The van der Waals surface area contributed by atoms with Crippen LogP contribution in [0, 0.1) is 0 Å². The van der Waals surface area contributed by atoms with Gasteiger partial charge in [0.1, 0.15) is 5.75 Å². The number of thiazole rings is 1. The quantitative estimate of drug-likeness (QED) is 0.692. The fraction of sp³-hybridized carbons (Fsp3) is 0.211. The number of nitrogens with one attached hydrogen (secondary N) is 1. The molecule has 1 amide bonds. The van der Waals surface area contributed by atoms with Gasteiger partial charge in [0.05, 0.1) is 17.3 Å². The third-order valence-electron chi connectivity index (χ3n) is 3.54. The zero-order valence-electron chi connectivity index (χ0n) is 13.9. The average Bonchev–Trinajstić information content (AvgIpc) is 3.12. The summed E-state index contributed by atoms with van der Waals surface area (Å²) in [6.45, 7) is 2.56.